The molecular formula is C16H21NO3. The van der Waals surface area contributed by atoms with Gasteiger partial charge in [-0.05, 0) is 43.9 Å². The zero-order chi connectivity index (χ0) is 14.7. The van der Waals surface area contributed by atoms with Crippen LogP contribution in [0.5, 0.6) is 0 Å². The zero-order valence-electron chi connectivity index (χ0n) is 12.0. The van der Waals surface area contributed by atoms with Crippen molar-refractivity contribution in [2.75, 3.05) is 6.54 Å². The number of aryl methyl sites for hydroxylation is 1. The van der Waals surface area contributed by atoms with Crippen molar-refractivity contribution in [2.45, 2.75) is 39.2 Å². The Morgan fingerprint density at radius 2 is 1.95 bits per heavy atom. The van der Waals surface area contributed by atoms with Crippen molar-refractivity contribution in [3.63, 3.8) is 0 Å². The molecule has 0 bridgehead atoms. The lowest BCUT2D eigenvalue weighted by molar-refractivity contribution is -0.144. The Morgan fingerprint density at radius 3 is 2.50 bits per heavy atom. The molecule has 1 fully saturated rings. The van der Waals surface area contributed by atoms with E-state index >= 15 is 0 Å². The zero-order valence-corrected chi connectivity index (χ0v) is 12.0. The van der Waals surface area contributed by atoms with E-state index in [1.165, 1.54) is 5.56 Å². The molecular weight excluding hydrogens is 254 g/mol. The summed E-state index contributed by atoms with van der Waals surface area (Å²) in [5, 5.41) is 9.21. The number of piperidine rings is 1. The molecule has 4 heteroatoms. The van der Waals surface area contributed by atoms with E-state index in [1.807, 2.05) is 31.2 Å². The maximum atomic E-state index is 12.5. The van der Waals surface area contributed by atoms with Crippen molar-refractivity contribution in [3.8, 4) is 0 Å². The summed E-state index contributed by atoms with van der Waals surface area (Å²) in [6, 6.07) is 7.32. The largest absolute Gasteiger partial charge is 0.481 e. The summed E-state index contributed by atoms with van der Waals surface area (Å²) in [5.41, 5.74) is 1.83. The van der Waals surface area contributed by atoms with Crippen molar-refractivity contribution in [1.29, 1.82) is 0 Å². The van der Waals surface area contributed by atoms with Crippen LogP contribution in [0.4, 0.5) is 0 Å². The second-order valence-electron chi connectivity index (χ2n) is 5.38. The van der Waals surface area contributed by atoms with Gasteiger partial charge in [0.25, 0.3) is 5.91 Å². The number of benzene rings is 1. The number of nitrogens with zero attached hydrogens (tertiary/aromatic N) is 1. The number of hydrogen-bond acceptors (Lipinski definition) is 2. The fourth-order valence-electron chi connectivity index (χ4n) is 2.81. The highest BCUT2D eigenvalue weighted by Crippen LogP contribution is 2.25. The van der Waals surface area contributed by atoms with Gasteiger partial charge in [-0.15, -0.1) is 0 Å². The quantitative estimate of drug-likeness (QED) is 0.922. The number of carbonyl (C=O) groups is 2. The van der Waals surface area contributed by atoms with Gasteiger partial charge in [0.15, 0.2) is 0 Å². The first-order valence-corrected chi connectivity index (χ1v) is 7.17. The average Bonchev–Trinajstić information content (AvgIpc) is 2.46. The van der Waals surface area contributed by atoms with Crippen LogP contribution in [0.3, 0.4) is 0 Å². The van der Waals surface area contributed by atoms with Crippen molar-refractivity contribution in [2.24, 2.45) is 5.92 Å². The highest BCUT2D eigenvalue weighted by Gasteiger charge is 2.35. The molecule has 1 N–H and O–H groups in total. The summed E-state index contributed by atoms with van der Waals surface area (Å²) in [7, 11) is 0. The molecule has 0 radical (unpaired) electrons. The highest BCUT2D eigenvalue weighted by atomic mass is 16.4. The van der Waals surface area contributed by atoms with Crippen molar-refractivity contribution in [1.82, 2.24) is 4.90 Å². The van der Waals surface area contributed by atoms with Gasteiger partial charge in [0.05, 0.1) is 5.92 Å². The predicted octanol–water partition coefficient (Wildman–Crippen LogP) is 2.57. The van der Waals surface area contributed by atoms with E-state index in [9.17, 15) is 14.7 Å². The lowest BCUT2D eigenvalue weighted by atomic mass is 9.90. The van der Waals surface area contributed by atoms with Crippen LogP contribution < -0.4 is 0 Å². The lowest BCUT2D eigenvalue weighted by Gasteiger charge is -2.37. The van der Waals surface area contributed by atoms with Crippen LogP contribution >= 0.6 is 0 Å². The standard InChI is InChI=1S/C16H21NO3/c1-3-12-6-8-13(9-7-12)15(18)17-10-4-5-14(11(17)2)16(19)20/h6-9,11,14H,3-5,10H2,1-2H3,(H,19,20)/t11-,14-/m0/s1. The maximum absolute atomic E-state index is 12.5. The third kappa shape index (κ3) is 2.84. The minimum atomic E-state index is -0.809. The van der Waals surface area contributed by atoms with Gasteiger partial charge in [-0.1, -0.05) is 19.1 Å². The maximum Gasteiger partial charge on any atom is 0.308 e. The fraction of sp³-hybridized carbons (Fsp3) is 0.500. The molecule has 2 rings (SSSR count). The summed E-state index contributed by atoms with van der Waals surface area (Å²) >= 11 is 0. The lowest BCUT2D eigenvalue weighted by Crippen LogP contribution is -2.49. The number of aliphatic carboxylic acids is 1. The number of likely N-dealkylation sites (tertiary alicyclic amines) is 1. The first kappa shape index (κ1) is 14.6. The number of amides is 1. The SMILES string of the molecule is CCc1ccc(C(=O)N2CCC[C@H](C(=O)O)[C@@H]2C)cc1. The van der Waals surface area contributed by atoms with Crippen LogP contribution in [-0.4, -0.2) is 34.5 Å². The second kappa shape index (κ2) is 6.07. The molecule has 0 spiro atoms. The minimum Gasteiger partial charge on any atom is -0.481 e. The van der Waals surface area contributed by atoms with E-state index in [-0.39, 0.29) is 11.9 Å². The molecule has 1 aromatic rings. The molecule has 108 valence electrons. The second-order valence-corrected chi connectivity index (χ2v) is 5.38. The average molecular weight is 275 g/mol. The summed E-state index contributed by atoms with van der Waals surface area (Å²) < 4.78 is 0. The summed E-state index contributed by atoms with van der Waals surface area (Å²) in [6.07, 6.45) is 2.34. The number of carboxylic acid groups (broad SMARTS) is 1. The summed E-state index contributed by atoms with van der Waals surface area (Å²) in [6.45, 7) is 4.54. The number of carboxylic acids is 1. The molecule has 0 saturated carbocycles. The van der Waals surface area contributed by atoms with Gasteiger partial charge < -0.3 is 10.0 Å². The van der Waals surface area contributed by atoms with Gasteiger partial charge in [-0.3, -0.25) is 9.59 Å². The van der Waals surface area contributed by atoms with Crippen LogP contribution in [0.15, 0.2) is 24.3 Å². The van der Waals surface area contributed by atoms with Crippen LogP contribution in [0.2, 0.25) is 0 Å². The Labute approximate surface area is 119 Å². The van der Waals surface area contributed by atoms with E-state index in [2.05, 4.69) is 6.92 Å². The van der Waals surface area contributed by atoms with E-state index in [1.54, 1.807) is 4.90 Å². The molecule has 1 saturated heterocycles. The van der Waals surface area contributed by atoms with Gasteiger partial charge in [0.1, 0.15) is 0 Å². The summed E-state index contributed by atoms with van der Waals surface area (Å²) in [5.74, 6) is -1.33. The van der Waals surface area contributed by atoms with E-state index in [0.29, 0.717) is 18.5 Å². The van der Waals surface area contributed by atoms with Crippen molar-refractivity contribution < 1.29 is 14.7 Å². The molecule has 1 amide bonds. The molecule has 0 unspecified atom stereocenters. The van der Waals surface area contributed by atoms with Crippen LogP contribution in [0.25, 0.3) is 0 Å². The molecule has 0 aromatic heterocycles. The van der Waals surface area contributed by atoms with E-state index in [0.717, 1.165) is 12.8 Å². The highest BCUT2D eigenvalue weighted by molar-refractivity contribution is 5.94. The monoisotopic (exact) mass is 275 g/mol. The number of hydrogen-bond donors (Lipinski definition) is 1. The third-order valence-electron chi connectivity index (χ3n) is 4.18. The fourth-order valence-corrected chi connectivity index (χ4v) is 2.81. The van der Waals surface area contributed by atoms with Crippen molar-refractivity contribution >= 4 is 11.9 Å². The van der Waals surface area contributed by atoms with Crippen LogP contribution in [-0.2, 0) is 11.2 Å². The topological polar surface area (TPSA) is 57.6 Å². The van der Waals surface area contributed by atoms with Crippen LogP contribution in [0.1, 0.15) is 42.6 Å². The molecule has 0 aliphatic carbocycles. The number of rotatable bonds is 3. The first-order chi connectivity index (χ1) is 9.54. The predicted molar refractivity (Wildman–Crippen MR) is 76.7 cm³/mol. The van der Waals surface area contributed by atoms with E-state index in [4.69, 9.17) is 0 Å². The normalized spacial score (nSPS) is 22.6. The van der Waals surface area contributed by atoms with Crippen LogP contribution in [0, 0.1) is 5.92 Å². The third-order valence-corrected chi connectivity index (χ3v) is 4.18. The first-order valence-electron chi connectivity index (χ1n) is 7.17. The minimum absolute atomic E-state index is 0.0638. The molecule has 4 nitrogen and oxygen atoms in total. The molecule has 2 atom stereocenters. The molecule has 20 heavy (non-hydrogen) atoms. The van der Waals surface area contributed by atoms with Gasteiger partial charge >= 0.3 is 5.97 Å². The van der Waals surface area contributed by atoms with Gasteiger partial charge in [0, 0.05) is 18.2 Å². The van der Waals surface area contributed by atoms with Crippen molar-refractivity contribution in [3.05, 3.63) is 35.4 Å². The Morgan fingerprint density at radius 1 is 1.30 bits per heavy atom. The van der Waals surface area contributed by atoms with E-state index < -0.39 is 11.9 Å². The smallest absolute Gasteiger partial charge is 0.308 e. The molecule has 1 aromatic carbocycles. The molecule has 1 heterocycles. The number of carbonyl (C=O) groups excluding carboxylic acids is 1. The Bertz CT molecular complexity index is 495. The molecule has 1 aliphatic heterocycles. The van der Waals surface area contributed by atoms with Gasteiger partial charge in [-0.2, -0.15) is 0 Å². The van der Waals surface area contributed by atoms with Gasteiger partial charge in [0.2, 0.25) is 0 Å². The Kier molecular flexibility index (Phi) is 4.42. The molecule has 1 aliphatic rings. The summed E-state index contributed by atoms with van der Waals surface area (Å²) in [4.78, 5) is 25.4. The Balaban J connectivity index is 2.16. The van der Waals surface area contributed by atoms with Gasteiger partial charge in [-0.25, -0.2) is 0 Å². The Hall–Kier alpha value is -1.84.